The molecule has 0 aromatic carbocycles. The fourth-order valence-corrected chi connectivity index (χ4v) is 5.28. The molecule has 2 aliphatic carbocycles. The highest BCUT2D eigenvalue weighted by Crippen LogP contribution is 2.41. The normalized spacial score (nSPS) is 29.9. The van der Waals surface area contributed by atoms with Gasteiger partial charge in [0.2, 0.25) is 0 Å². The van der Waals surface area contributed by atoms with Crippen LogP contribution >= 0.6 is 0 Å². The molecule has 2 fully saturated rings. The Kier molecular flexibility index (Phi) is 10.6. The molecule has 27 heavy (non-hydrogen) atoms. The van der Waals surface area contributed by atoms with Crippen LogP contribution in [-0.4, -0.2) is 18.4 Å². The predicted octanol–water partition coefficient (Wildman–Crippen LogP) is 7.66. The molecule has 3 heteroatoms. The van der Waals surface area contributed by atoms with Crippen molar-refractivity contribution < 1.29 is 14.3 Å². The van der Waals surface area contributed by atoms with Crippen molar-refractivity contribution in [2.75, 3.05) is 0 Å². The summed E-state index contributed by atoms with van der Waals surface area (Å²) < 4.78 is 11.1. The number of rotatable bonds is 10. The third-order valence-corrected chi connectivity index (χ3v) is 7.00. The Hall–Kier alpha value is -0.730. The zero-order chi connectivity index (χ0) is 19.5. The third-order valence-electron chi connectivity index (χ3n) is 7.00. The third kappa shape index (κ3) is 8.44. The lowest BCUT2D eigenvalue weighted by Gasteiger charge is -2.37. The van der Waals surface area contributed by atoms with Crippen LogP contribution in [-0.2, 0) is 9.47 Å². The lowest BCUT2D eigenvalue weighted by atomic mass is 9.70. The van der Waals surface area contributed by atoms with Crippen molar-refractivity contribution in [3.8, 4) is 0 Å². The predicted molar refractivity (Wildman–Crippen MR) is 112 cm³/mol. The summed E-state index contributed by atoms with van der Waals surface area (Å²) in [5, 5.41) is 0. The van der Waals surface area contributed by atoms with Crippen LogP contribution < -0.4 is 0 Å². The van der Waals surface area contributed by atoms with E-state index in [-0.39, 0.29) is 12.2 Å². The van der Waals surface area contributed by atoms with Crippen molar-refractivity contribution in [1.29, 1.82) is 0 Å². The monoisotopic (exact) mass is 380 g/mol. The number of carbonyl (C=O) groups is 1. The van der Waals surface area contributed by atoms with Gasteiger partial charge in [0.25, 0.3) is 0 Å². The van der Waals surface area contributed by atoms with Crippen molar-refractivity contribution >= 4 is 6.16 Å². The number of carbonyl (C=O) groups excluding carboxylic acids is 1. The van der Waals surface area contributed by atoms with Gasteiger partial charge in [0.15, 0.2) is 0 Å². The smallest absolute Gasteiger partial charge is 0.431 e. The van der Waals surface area contributed by atoms with Crippen LogP contribution in [0.4, 0.5) is 4.79 Å². The Bertz CT molecular complexity index is 392. The van der Waals surface area contributed by atoms with Gasteiger partial charge in [-0.05, 0) is 76.0 Å². The van der Waals surface area contributed by atoms with Crippen molar-refractivity contribution in [1.82, 2.24) is 0 Å². The minimum atomic E-state index is -0.443. The molecule has 0 N–H and O–H groups in total. The average Bonchev–Trinajstić information content (AvgIpc) is 2.67. The van der Waals surface area contributed by atoms with E-state index in [9.17, 15) is 4.79 Å². The molecule has 3 nitrogen and oxygen atoms in total. The highest BCUT2D eigenvalue weighted by Gasteiger charge is 2.32. The van der Waals surface area contributed by atoms with Gasteiger partial charge < -0.3 is 9.47 Å². The zero-order valence-electron chi connectivity index (χ0n) is 18.2. The molecule has 2 saturated carbocycles. The van der Waals surface area contributed by atoms with E-state index in [2.05, 4.69) is 13.8 Å². The number of unbranched alkanes of at least 4 members (excludes halogenated alkanes) is 3. The molecule has 0 bridgehead atoms. The fraction of sp³-hybridized carbons (Fsp3) is 0.958. The van der Waals surface area contributed by atoms with Crippen molar-refractivity contribution in [2.24, 2.45) is 17.8 Å². The maximum Gasteiger partial charge on any atom is 0.508 e. The van der Waals surface area contributed by atoms with Gasteiger partial charge in [-0.25, -0.2) is 4.79 Å². The summed E-state index contributed by atoms with van der Waals surface area (Å²) in [4.78, 5) is 12.0. The Balaban J connectivity index is 1.58. The van der Waals surface area contributed by atoms with Crippen molar-refractivity contribution in [3.05, 3.63) is 0 Å². The lowest BCUT2D eigenvalue weighted by molar-refractivity contribution is -0.0174. The van der Waals surface area contributed by atoms with Crippen LogP contribution in [0.5, 0.6) is 0 Å². The molecule has 0 unspecified atom stereocenters. The molecule has 2 aliphatic rings. The molecule has 0 amide bonds. The highest BCUT2D eigenvalue weighted by atomic mass is 16.7. The summed E-state index contributed by atoms with van der Waals surface area (Å²) in [6.45, 7) is 6.51. The highest BCUT2D eigenvalue weighted by molar-refractivity contribution is 5.60. The van der Waals surface area contributed by atoms with Crippen LogP contribution in [0, 0.1) is 17.8 Å². The van der Waals surface area contributed by atoms with E-state index in [4.69, 9.17) is 9.47 Å². The summed E-state index contributed by atoms with van der Waals surface area (Å²) in [5.41, 5.74) is 0. The molecule has 0 aromatic rings. The van der Waals surface area contributed by atoms with Crippen LogP contribution in [0.2, 0.25) is 0 Å². The molecule has 0 aromatic heterocycles. The molecule has 0 heterocycles. The SMILES string of the molecule is CCCCCC[C@H](C)OC(=O)OC1CCC(C2CCC(CCC)CC2)CC1. The first-order chi connectivity index (χ1) is 13.1. The summed E-state index contributed by atoms with van der Waals surface area (Å²) in [7, 11) is 0. The first kappa shape index (κ1) is 22.6. The molecule has 0 saturated heterocycles. The van der Waals surface area contributed by atoms with Crippen LogP contribution in [0.15, 0.2) is 0 Å². The Morgan fingerprint density at radius 2 is 1.48 bits per heavy atom. The molecular formula is C24H44O3. The summed E-state index contributed by atoms with van der Waals surface area (Å²) in [6.07, 6.45) is 18.4. The van der Waals surface area contributed by atoms with E-state index in [1.807, 2.05) is 6.92 Å². The number of ether oxygens (including phenoxy) is 2. The fourth-order valence-electron chi connectivity index (χ4n) is 5.28. The Morgan fingerprint density at radius 3 is 2.07 bits per heavy atom. The second-order valence-corrected chi connectivity index (χ2v) is 9.25. The van der Waals surface area contributed by atoms with Crippen LogP contribution in [0.1, 0.15) is 117 Å². The molecular weight excluding hydrogens is 336 g/mol. The van der Waals surface area contributed by atoms with E-state index in [1.165, 1.54) is 70.6 Å². The quantitative estimate of drug-likeness (QED) is 0.288. The summed E-state index contributed by atoms with van der Waals surface area (Å²) in [5.74, 6) is 2.78. The zero-order valence-corrected chi connectivity index (χ0v) is 18.2. The first-order valence-electron chi connectivity index (χ1n) is 12.0. The minimum Gasteiger partial charge on any atom is -0.431 e. The summed E-state index contributed by atoms with van der Waals surface area (Å²) in [6, 6.07) is 0. The topological polar surface area (TPSA) is 35.5 Å². The molecule has 0 aliphatic heterocycles. The first-order valence-corrected chi connectivity index (χ1v) is 12.0. The second-order valence-electron chi connectivity index (χ2n) is 9.25. The van der Waals surface area contributed by atoms with Gasteiger partial charge in [0.05, 0.1) is 0 Å². The van der Waals surface area contributed by atoms with Gasteiger partial charge in [-0.3, -0.25) is 0 Å². The Labute approximate surface area is 168 Å². The number of hydrogen-bond acceptors (Lipinski definition) is 3. The van der Waals surface area contributed by atoms with Gasteiger partial charge in [0.1, 0.15) is 12.2 Å². The van der Waals surface area contributed by atoms with Gasteiger partial charge >= 0.3 is 6.16 Å². The maximum atomic E-state index is 12.0. The molecule has 1 atom stereocenters. The van der Waals surface area contributed by atoms with Crippen LogP contribution in [0.3, 0.4) is 0 Å². The van der Waals surface area contributed by atoms with E-state index in [1.54, 1.807) is 0 Å². The van der Waals surface area contributed by atoms with Gasteiger partial charge in [-0.1, -0.05) is 58.8 Å². The van der Waals surface area contributed by atoms with Gasteiger partial charge in [-0.2, -0.15) is 0 Å². The summed E-state index contributed by atoms with van der Waals surface area (Å²) >= 11 is 0. The Morgan fingerprint density at radius 1 is 0.852 bits per heavy atom. The van der Waals surface area contributed by atoms with E-state index >= 15 is 0 Å². The van der Waals surface area contributed by atoms with Crippen molar-refractivity contribution in [2.45, 2.75) is 129 Å². The molecule has 158 valence electrons. The average molecular weight is 381 g/mol. The molecule has 0 radical (unpaired) electrons. The second kappa shape index (κ2) is 12.7. The molecule has 0 spiro atoms. The maximum absolute atomic E-state index is 12.0. The standard InChI is InChI=1S/C24H44O3/c1-4-6-7-8-10-19(3)26-24(25)27-23-17-15-22(16-18-23)21-13-11-20(9-5-2)12-14-21/h19-23H,4-18H2,1-3H3/t19-,20?,21?,22?,23?/m0/s1. The van der Waals surface area contributed by atoms with E-state index in [0.717, 1.165) is 43.4 Å². The van der Waals surface area contributed by atoms with E-state index < -0.39 is 6.16 Å². The van der Waals surface area contributed by atoms with Crippen LogP contribution in [0.25, 0.3) is 0 Å². The van der Waals surface area contributed by atoms with Gasteiger partial charge in [-0.15, -0.1) is 0 Å². The molecule has 2 rings (SSSR count). The van der Waals surface area contributed by atoms with Crippen molar-refractivity contribution in [3.63, 3.8) is 0 Å². The van der Waals surface area contributed by atoms with E-state index in [0.29, 0.717) is 0 Å². The van der Waals surface area contributed by atoms with Gasteiger partial charge in [0, 0.05) is 0 Å². The number of hydrogen-bond donors (Lipinski definition) is 0. The minimum absolute atomic E-state index is 0.0241. The largest absolute Gasteiger partial charge is 0.508 e. The lowest BCUT2D eigenvalue weighted by Crippen LogP contribution is -2.30.